The van der Waals surface area contributed by atoms with E-state index in [-0.39, 0.29) is 24.4 Å². The summed E-state index contributed by atoms with van der Waals surface area (Å²) in [7, 11) is 0. The van der Waals surface area contributed by atoms with Crippen LogP contribution in [0.2, 0.25) is 0 Å². The Hall–Kier alpha value is -1.36. The van der Waals surface area contributed by atoms with Gasteiger partial charge in [0.2, 0.25) is 0 Å². The number of esters is 1. The van der Waals surface area contributed by atoms with Crippen LogP contribution in [0.4, 0.5) is 0 Å². The van der Waals surface area contributed by atoms with E-state index in [0.717, 1.165) is 19.3 Å². The van der Waals surface area contributed by atoms with Gasteiger partial charge in [0, 0.05) is 29.6 Å². The van der Waals surface area contributed by atoms with E-state index in [0.29, 0.717) is 6.42 Å². The lowest BCUT2D eigenvalue weighted by Crippen LogP contribution is -2.66. The van der Waals surface area contributed by atoms with Gasteiger partial charge in [0.15, 0.2) is 11.4 Å². The predicted octanol–water partition coefficient (Wildman–Crippen LogP) is 4.13. The smallest absolute Gasteiger partial charge is 0.306 e. The number of aliphatic hydroxyl groups is 6. The molecule has 0 spiro atoms. The summed E-state index contributed by atoms with van der Waals surface area (Å²) in [4.78, 5) is 26.4. The third kappa shape index (κ3) is 5.86. The third-order valence-electron chi connectivity index (χ3n) is 12.5. The van der Waals surface area contributed by atoms with Crippen LogP contribution in [0.25, 0.3) is 0 Å². The summed E-state index contributed by atoms with van der Waals surface area (Å²) in [5.74, 6) is -5.15. The Bertz CT molecular complexity index is 1100. The van der Waals surface area contributed by atoms with Crippen LogP contribution >= 0.6 is 0 Å². The highest BCUT2D eigenvalue weighted by molar-refractivity contribution is 6.05. The van der Waals surface area contributed by atoms with Crippen molar-refractivity contribution >= 4 is 11.8 Å². The van der Waals surface area contributed by atoms with Crippen LogP contribution in [0.1, 0.15) is 131 Å². The van der Waals surface area contributed by atoms with E-state index in [9.17, 15) is 40.2 Å². The standard InChI is InChI=1S/C36H60O9/c1-6-7-8-9-10-11-12-13-14-15-16-17-18-19-26(38)45-34-21-24(3)35(43)25-20-23(2)29(39)36(25,44)31(41)33(42,22-37)30(40)27(35)28(34)32(34,4)5/h20,24-25,27-28,30-31,37,40-44H,6-19,21-22H2,1-5H3/t24-,25+,27-,28-,30+,31-,33-,34+,35+,36-/m1/s1. The molecule has 6 N–H and O–H groups in total. The van der Waals surface area contributed by atoms with Crippen LogP contribution in [-0.2, 0) is 14.3 Å². The number of carbonyl (C=O) groups is 2. The van der Waals surface area contributed by atoms with Gasteiger partial charge >= 0.3 is 5.97 Å². The monoisotopic (exact) mass is 636 g/mol. The van der Waals surface area contributed by atoms with Crippen molar-refractivity contribution in [2.75, 3.05) is 6.61 Å². The maximum absolute atomic E-state index is 13.2. The molecule has 0 aliphatic heterocycles. The molecular formula is C36H60O9. The first-order valence-corrected chi connectivity index (χ1v) is 17.7. The lowest BCUT2D eigenvalue weighted by molar-refractivity contribution is -0.224. The van der Waals surface area contributed by atoms with Crippen molar-refractivity contribution in [1.82, 2.24) is 0 Å². The van der Waals surface area contributed by atoms with Crippen molar-refractivity contribution < 1.29 is 45.0 Å². The fraction of sp³-hybridized carbons (Fsp3) is 0.889. The Labute approximate surface area is 269 Å². The van der Waals surface area contributed by atoms with Crippen molar-refractivity contribution in [2.24, 2.45) is 29.1 Å². The zero-order valence-electron chi connectivity index (χ0n) is 28.3. The third-order valence-corrected chi connectivity index (χ3v) is 12.5. The van der Waals surface area contributed by atoms with Gasteiger partial charge in [-0.05, 0) is 31.3 Å². The van der Waals surface area contributed by atoms with E-state index >= 15 is 0 Å². The Balaban J connectivity index is 1.38. The van der Waals surface area contributed by atoms with E-state index in [1.165, 1.54) is 70.8 Å². The van der Waals surface area contributed by atoms with Crippen LogP contribution < -0.4 is 0 Å². The Kier molecular flexibility index (Phi) is 11.1. The number of fused-ring (bicyclic) bond motifs is 5. The minimum atomic E-state index is -2.71. The number of ketones is 1. The first kappa shape index (κ1) is 36.5. The van der Waals surface area contributed by atoms with E-state index in [1.807, 2.05) is 13.8 Å². The molecule has 4 aliphatic rings. The molecule has 3 saturated carbocycles. The molecule has 9 nitrogen and oxygen atoms in total. The Morgan fingerprint density at radius 2 is 1.42 bits per heavy atom. The van der Waals surface area contributed by atoms with Crippen LogP contribution in [0.15, 0.2) is 11.6 Å². The normalized spacial score (nSPS) is 41.5. The van der Waals surface area contributed by atoms with Crippen LogP contribution in [0, 0.1) is 29.1 Å². The van der Waals surface area contributed by atoms with Gasteiger partial charge in [-0.3, -0.25) is 9.59 Å². The van der Waals surface area contributed by atoms with Crippen molar-refractivity contribution in [3.8, 4) is 0 Å². The van der Waals surface area contributed by atoms with Gasteiger partial charge in [0.25, 0.3) is 0 Å². The second-order valence-corrected chi connectivity index (χ2v) is 15.6. The molecule has 0 radical (unpaired) electrons. The fourth-order valence-corrected chi connectivity index (χ4v) is 9.65. The lowest BCUT2D eigenvalue weighted by Gasteiger charge is -2.51. The van der Waals surface area contributed by atoms with Crippen molar-refractivity contribution in [1.29, 1.82) is 0 Å². The van der Waals surface area contributed by atoms with Crippen molar-refractivity contribution in [2.45, 2.75) is 166 Å². The fourth-order valence-electron chi connectivity index (χ4n) is 9.65. The van der Waals surface area contributed by atoms with Crippen LogP contribution in [0.5, 0.6) is 0 Å². The largest absolute Gasteiger partial charge is 0.458 e. The molecule has 4 aliphatic carbocycles. The maximum Gasteiger partial charge on any atom is 0.306 e. The summed E-state index contributed by atoms with van der Waals surface area (Å²) >= 11 is 0. The average molecular weight is 637 g/mol. The van der Waals surface area contributed by atoms with Crippen molar-refractivity contribution in [3.05, 3.63) is 11.6 Å². The zero-order valence-corrected chi connectivity index (χ0v) is 28.3. The molecule has 0 heterocycles. The SMILES string of the molecule is CCCCCCCCCCCCCCCC(=O)O[C@@]12C[C@@H](C)[C@@]3(O)[C@H]([C@@H]1C2(C)C)[C@H](O)[C@](O)(CO)[C@@H](O)[C@]1(O)C(=O)C(C)=C[C@H]13. The average Bonchev–Trinajstić information content (AvgIpc) is 3.36. The van der Waals surface area contributed by atoms with E-state index in [1.54, 1.807) is 6.92 Å². The second-order valence-electron chi connectivity index (χ2n) is 15.6. The molecule has 0 bridgehead atoms. The molecule has 0 saturated heterocycles. The first-order valence-electron chi connectivity index (χ1n) is 17.7. The summed E-state index contributed by atoms with van der Waals surface area (Å²) in [5.41, 5.74) is -8.97. The first-order chi connectivity index (χ1) is 21.1. The number of hydrogen-bond acceptors (Lipinski definition) is 9. The van der Waals surface area contributed by atoms with E-state index in [2.05, 4.69) is 6.92 Å². The zero-order chi connectivity index (χ0) is 33.4. The molecule has 10 atom stereocenters. The topological polar surface area (TPSA) is 165 Å². The van der Waals surface area contributed by atoms with Crippen LogP contribution in [-0.4, -0.2) is 83.6 Å². The summed E-state index contributed by atoms with van der Waals surface area (Å²) in [6, 6.07) is 0. The molecule has 45 heavy (non-hydrogen) atoms. The second kappa shape index (κ2) is 13.6. The molecule has 0 aromatic rings. The minimum Gasteiger partial charge on any atom is -0.458 e. The van der Waals surface area contributed by atoms with Gasteiger partial charge in [-0.2, -0.15) is 0 Å². The molecule has 9 heteroatoms. The lowest BCUT2D eigenvalue weighted by atomic mass is 9.59. The summed E-state index contributed by atoms with van der Waals surface area (Å²) in [5, 5.41) is 68.9. The van der Waals surface area contributed by atoms with Gasteiger partial charge in [-0.1, -0.05) is 111 Å². The molecule has 0 unspecified atom stereocenters. The molecule has 4 rings (SSSR count). The number of unbranched alkanes of at least 4 members (excludes halogenated alkanes) is 12. The molecule has 3 fully saturated rings. The van der Waals surface area contributed by atoms with Gasteiger partial charge < -0.3 is 35.4 Å². The summed E-state index contributed by atoms with van der Waals surface area (Å²) in [6.45, 7) is 8.03. The van der Waals surface area contributed by atoms with Crippen LogP contribution in [0.3, 0.4) is 0 Å². The number of Topliss-reactive ketones (excluding diaryl/α,β-unsaturated/α-hetero) is 1. The van der Waals surface area contributed by atoms with Gasteiger partial charge in [0.05, 0.1) is 18.3 Å². The summed E-state index contributed by atoms with van der Waals surface area (Å²) < 4.78 is 6.22. The van der Waals surface area contributed by atoms with E-state index in [4.69, 9.17) is 4.74 Å². The number of carbonyl (C=O) groups excluding carboxylic acids is 2. The summed E-state index contributed by atoms with van der Waals surface area (Å²) in [6.07, 6.45) is 13.3. The quantitative estimate of drug-likeness (QED) is 0.108. The molecule has 258 valence electrons. The van der Waals surface area contributed by atoms with Gasteiger partial charge in [-0.25, -0.2) is 0 Å². The number of hydrogen-bond donors (Lipinski definition) is 6. The van der Waals surface area contributed by atoms with Gasteiger partial charge in [0.1, 0.15) is 17.3 Å². The predicted molar refractivity (Wildman–Crippen MR) is 170 cm³/mol. The number of aliphatic hydroxyl groups excluding tert-OH is 3. The highest BCUT2D eigenvalue weighted by atomic mass is 16.6. The number of ether oxygens (including phenoxy) is 1. The minimum absolute atomic E-state index is 0.119. The van der Waals surface area contributed by atoms with Gasteiger partial charge in [-0.15, -0.1) is 0 Å². The highest BCUT2D eigenvalue weighted by Gasteiger charge is 2.86. The Morgan fingerprint density at radius 1 is 0.911 bits per heavy atom. The maximum atomic E-state index is 13.2. The number of rotatable bonds is 16. The Morgan fingerprint density at radius 3 is 1.93 bits per heavy atom. The molecule has 0 aromatic heterocycles. The highest BCUT2D eigenvalue weighted by Crippen LogP contribution is 2.77. The molecular weight excluding hydrogens is 576 g/mol. The molecule has 0 amide bonds. The van der Waals surface area contributed by atoms with Crippen molar-refractivity contribution in [3.63, 3.8) is 0 Å². The molecule has 0 aromatic carbocycles. The van der Waals surface area contributed by atoms with E-state index < -0.39 is 76.1 Å².